The van der Waals surface area contributed by atoms with Crippen LogP contribution in [-0.2, 0) is 7.05 Å². The number of rotatable bonds is 4. The van der Waals surface area contributed by atoms with Crippen LogP contribution < -0.4 is 5.32 Å². The third-order valence-corrected chi connectivity index (χ3v) is 3.58. The first kappa shape index (κ1) is 13.5. The van der Waals surface area contributed by atoms with Gasteiger partial charge >= 0.3 is 0 Å². The minimum absolute atomic E-state index is 0.0826. The Labute approximate surface area is 110 Å². The number of carbonyl (C=O) groups excluding carboxylic acids is 1. The van der Waals surface area contributed by atoms with Crippen LogP contribution >= 0.6 is 0 Å². The molecule has 0 aliphatic heterocycles. The number of amides is 1. The van der Waals surface area contributed by atoms with E-state index in [1.54, 1.807) is 7.05 Å². The maximum atomic E-state index is 11.9. The number of aliphatic hydroxyl groups excluding tert-OH is 1. The van der Waals surface area contributed by atoms with E-state index in [0.717, 1.165) is 19.3 Å². The molecule has 1 aliphatic carbocycles. The molecule has 2 rings (SSSR count). The van der Waals surface area contributed by atoms with Crippen LogP contribution in [0.3, 0.4) is 0 Å². The predicted molar refractivity (Wildman–Crippen MR) is 67.7 cm³/mol. The zero-order chi connectivity index (χ0) is 14.0. The molecule has 1 aromatic rings. The lowest BCUT2D eigenvalue weighted by atomic mass is 10.1. The molecule has 1 amide bonds. The molecule has 19 heavy (non-hydrogen) atoms. The van der Waals surface area contributed by atoms with Crippen LogP contribution in [0.4, 0.5) is 5.69 Å². The fraction of sp³-hybridized carbons (Fsp3) is 0.583. The van der Waals surface area contributed by atoms with Gasteiger partial charge in [0.2, 0.25) is 0 Å². The average molecular weight is 267 g/mol. The zero-order valence-corrected chi connectivity index (χ0v) is 10.7. The van der Waals surface area contributed by atoms with Crippen molar-refractivity contribution in [2.24, 2.45) is 13.0 Å². The van der Waals surface area contributed by atoms with Crippen molar-refractivity contribution >= 4 is 11.6 Å². The summed E-state index contributed by atoms with van der Waals surface area (Å²) in [6.45, 7) is 0.402. The number of aryl methyl sites for hydroxylation is 1. The Kier molecular flexibility index (Phi) is 3.84. The predicted octanol–water partition coefficient (Wildman–Crippen LogP) is 0.824. The summed E-state index contributed by atoms with van der Waals surface area (Å²) in [6, 6.07) is 1.25. The molecular formula is C12H17N3O4. The summed E-state index contributed by atoms with van der Waals surface area (Å²) < 4.78 is 1.43. The molecule has 7 heteroatoms. The standard InChI is InChI=1S/C12H17N3O4/c1-14-7-9(15(18)19)5-10(14)12(17)13-6-8-3-2-4-11(8)16/h5,7-8,11,16H,2-4,6H2,1H3,(H,13,17). The van der Waals surface area contributed by atoms with Crippen LogP contribution in [0.1, 0.15) is 29.8 Å². The van der Waals surface area contributed by atoms with Gasteiger partial charge in [0.05, 0.1) is 17.2 Å². The number of nitrogens with zero attached hydrogens (tertiary/aromatic N) is 2. The van der Waals surface area contributed by atoms with E-state index in [9.17, 15) is 20.0 Å². The van der Waals surface area contributed by atoms with Gasteiger partial charge in [-0.3, -0.25) is 14.9 Å². The maximum absolute atomic E-state index is 11.9. The van der Waals surface area contributed by atoms with Crippen LogP contribution in [0, 0.1) is 16.0 Å². The normalized spacial score (nSPS) is 22.4. The van der Waals surface area contributed by atoms with Gasteiger partial charge in [0.25, 0.3) is 11.6 Å². The van der Waals surface area contributed by atoms with Gasteiger partial charge in [0.1, 0.15) is 5.69 Å². The van der Waals surface area contributed by atoms with Crippen molar-refractivity contribution < 1.29 is 14.8 Å². The third kappa shape index (κ3) is 2.93. The average Bonchev–Trinajstić information content (AvgIpc) is 2.93. The van der Waals surface area contributed by atoms with Crippen molar-refractivity contribution in [2.45, 2.75) is 25.4 Å². The minimum atomic E-state index is -0.530. The van der Waals surface area contributed by atoms with E-state index in [4.69, 9.17) is 0 Å². The molecular weight excluding hydrogens is 250 g/mol. The second kappa shape index (κ2) is 5.40. The van der Waals surface area contributed by atoms with Gasteiger partial charge in [-0.2, -0.15) is 0 Å². The van der Waals surface area contributed by atoms with Gasteiger partial charge in [-0.25, -0.2) is 0 Å². The topological polar surface area (TPSA) is 97.4 Å². The van der Waals surface area contributed by atoms with Crippen molar-refractivity contribution in [3.05, 3.63) is 28.1 Å². The Morgan fingerprint density at radius 3 is 2.89 bits per heavy atom. The van der Waals surface area contributed by atoms with Crippen molar-refractivity contribution in [2.75, 3.05) is 6.54 Å². The second-order valence-electron chi connectivity index (χ2n) is 4.92. The van der Waals surface area contributed by atoms with E-state index in [0.29, 0.717) is 6.54 Å². The number of hydrogen-bond acceptors (Lipinski definition) is 4. The molecule has 0 aromatic carbocycles. The van der Waals surface area contributed by atoms with E-state index in [1.165, 1.54) is 16.8 Å². The van der Waals surface area contributed by atoms with Gasteiger partial charge in [-0.15, -0.1) is 0 Å². The molecule has 0 spiro atoms. The molecule has 2 unspecified atom stereocenters. The first-order valence-electron chi connectivity index (χ1n) is 6.26. The minimum Gasteiger partial charge on any atom is -0.393 e. The van der Waals surface area contributed by atoms with E-state index < -0.39 is 4.92 Å². The summed E-state index contributed by atoms with van der Waals surface area (Å²) in [5.41, 5.74) is 0.146. The Morgan fingerprint density at radius 2 is 2.37 bits per heavy atom. The van der Waals surface area contributed by atoms with E-state index >= 15 is 0 Å². The number of aliphatic hydroxyl groups is 1. The number of nitro groups is 1. The number of hydrogen-bond donors (Lipinski definition) is 2. The summed E-state index contributed by atoms with van der Waals surface area (Å²) in [5, 5.41) is 23.0. The molecule has 1 aliphatic rings. The molecule has 2 atom stereocenters. The first-order chi connectivity index (χ1) is 8.99. The zero-order valence-electron chi connectivity index (χ0n) is 10.7. The van der Waals surface area contributed by atoms with Crippen LogP contribution in [0.2, 0.25) is 0 Å². The number of carbonyl (C=O) groups is 1. The fourth-order valence-corrected chi connectivity index (χ4v) is 2.44. The van der Waals surface area contributed by atoms with Gasteiger partial charge in [-0.05, 0) is 12.8 Å². The summed E-state index contributed by atoms with van der Waals surface area (Å²) in [6.07, 6.45) is 3.59. The van der Waals surface area contributed by atoms with Crippen LogP contribution in [0.5, 0.6) is 0 Å². The molecule has 2 N–H and O–H groups in total. The largest absolute Gasteiger partial charge is 0.393 e. The summed E-state index contributed by atoms with van der Waals surface area (Å²) in [4.78, 5) is 22.0. The molecule has 0 saturated heterocycles. The lowest BCUT2D eigenvalue weighted by Gasteiger charge is -2.15. The molecule has 0 radical (unpaired) electrons. The van der Waals surface area contributed by atoms with E-state index in [-0.39, 0.29) is 29.3 Å². The van der Waals surface area contributed by atoms with Crippen molar-refractivity contribution in [3.63, 3.8) is 0 Å². The van der Waals surface area contributed by atoms with Gasteiger partial charge in [0, 0.05) is 25.6 Å². The van der Waals surface area contributed by atoms with Gasteiger partial charge in [-0.1, -0.05) is 6.42 Å². The van der Waals surface area contributed by atoms with Crippen LogP contribution in [0.15, 0.2) is 12.3 Å². The third-order valence-electron chi connectivity index (χ3n) is 3.58. The molecule has 7 nitrogen and oxygen atoms in total. The van der Waals surface area contributed by atoms with Crippen molar-refractivity contribution in [3.8, 4) is 0 Å². The monoisotopic (exact) mass is 267 g/mol. The van der Waals surface area contributed by atoms with E-state index in [1.807, 2.05) is 0 Å². The molecule has 1 fully saturated rings. The highest BCUT2D eigenvalue weighted by Gasteiger charge is 2.26. The summed E-state index contributed by atoms with van der Waals surface area (Å²) >= 11 is 0. The highest BCUT2D eigenvalue weighted by Crippen LogP contribution is 2.24. The second-order valence-corrected chi connectivity index (χ2v) is 4.92. The molecule has 104 valence electrons. The number of aromatic nitrogens is 1. The lowest BCUT2D eigenvalue weighted by Crippen LogP contribution is -2.33. The number of nitrogens with one attached hydrogen (secondary N) is 1. The highest BCUT2D eigenvalue weighted by atomic mass is 16.6. The summed E-state index contributed by atoms with van der Waals surface area (Å²) in [7, 11) is 1.59. The highest BCUT2D eigenvalue weighted by molar-refractivity contribution is 5.93. The van der Waals surface area contributed by atoms with Gasteiger partial charge in [0.15, 0.2) is 0 Å². The van der Waals surface area contributed by atoms with E-state index in [2.05, 4.69) is 5.32 Å². The SMILES string of the molecule is Cn1cc([N+](=O)[O-])cc1C(=O)NCC1CCCC1O. The van der Waals surface area contributed by atoms with Crippen LogP contribution in [0.25, 0.3) is 0 Å². The lowest BCUT2D eigenvalue weighted by molar-refractivity contribution is -0.384. The first-order valence-corrected chi connectivity index (χ1v) is 6.26. The molecule has 0 bridgehead atoms. The van der Waals surface area contributed by atoms with Crippen molar-refractivity contribution in [1.29, 1.82) is 0 Å². The van der Waals surface area contributed by atoms with Gasteiger partial charge < -0.3 is 15.0 Å². The fourth-order valence-electron chi connectivity index (χ4n) is 2.44. The molecule has 1 aromatic heterocycles. The van der Waals surface area contributed by atoms with Crippen molar-refractivity contribution in [1.82, 2.24) is 9.88 Å². The maximum Gasteiger partial charge on any atom is 0.287 e. The Balaban J connectivity index is 1.98. The van der Waals surface area contributed by atoms with Crippen LogP contribution in [-0.4, -0.2) is 33.2 Å². The molecule has 1 heterocycles. The Morgan fingerprint density at radius 1 is 1.63 bits per heavy atom. The smallest absolute Gasteiger partial charge is 0.287 e. The Hall–Kier alpha value is -1.89. The molecule has 1 saturated carbocycles. The summed E-state index contributed by atoms with van der Waals surface area (Å²) in [5.74, 6) is -0.270. The quantitative estimate of drug-likeness (QED) is 0.623. The Bertz CT molecular complexity index is 497.